The monoisotopic (exact) mass is 565 g/mol. The first-order valence-corrected chi connectivity index (χ1v) is 14.9. The molecule has 0 aliphatic rings. The minimum absolute atomic E-state index is 0.215. The van der Waals surface area contributed by atoms with E-state index in [-0.39, 0.29) is 4.90 Å². The van der Waals surface area contributed by atoms with Gasteiger partial charge in [0.15, 0.2) is 0 Å². The second kappa shape index (κ2) is 12.5. The second-order valence-corrected chi connectivity index (χ2v) is 14.9. The molecule has 0 amide bonds. The number of rotatable bonds is 13. The molecule has 1 rings (SSSR count). The largest absolute Gasteiger partial charge is 0.423 e. The molecule has 0 saturated heterocycles. The van der Waals surface area contributed by atoms with Crippen LogP contribution in [0.3, 0.4) is 0 Å². The predicted molar refractivity (Wildman–Crippen MR) is 128 cm³/mol. The summed E-state index contributed by atoms with van der Waals surface area (Å²) in [6.07, 6.45) is -7.78. The van der Waals surface area contributed by atoms with Crippen LogP contribution in [0.25, 0.3) is 0 Å². The van der Waals surface area contributed by atoms with Gasteiger partial charge >= 0.3 is 21.4 Å². The Hall–Kier alpha value is -0.940. The fourth-order valence-electron chi connectivity index (χ4n) is 2.83. The molecule has 0 fully saturated rings. The zero-order chi connectivity index (χ0) is 27.4. The van der Waals surface area contributed by atoms with Crippen LogP contribution in [0.2, 0.25) is 0 Å². The van der Waals surface area contributed by atoms with Crippen LogP contribution in [0.4, 0.5) is 18.9 Å². The van der Waals surface area contributed by atoms with Gasteiger partial charge in [-0.05, 0) is 67.5 Å². The number of benzene rings is 1. The fraction of sp³-hybridized carbons (Fsp3) is 0.700. The van der Waals surface area contributed by atoms with Crippen molar-refractivity contribution in [1.29, 1.82) is 0 Å². The van der Waals surface area contributed by atoms with Gasteiger partial charge in [0.25, 0.3) is 5.69 Å². The fourth-order valence-corrected chi connectivity index (χ4v) is 10.7. The molecule has 0 radical (unpaired) electrons. The van der Waals surface area contributed by atoms with Crippen molar-refractivity contribution in [3.8, 4) is 0 Å². The maximum absolute atomic E-state index is 14.1. The highest BCUT2D eigenvalue weighted by Crippen LogP contribution is 2.76. The molecule has 0 aromatic heterocycles. The van der Waals surface area contributed by atoms with Crippen molar-refractivity contribution in [3.05, 3.63) is 33.9 Å². The molecule has 0 bridgehead atoms. The Labute approximate surface area is 207 Å². The van der Waals surface area contributed by atoms with E-state index in [0.29, 0.717) is 23.9 Å². The molecule has 0 spiro atoms. The van der Waals surface area contributed by atoms with E-state index in [1.807, 2.05) is 0 Å². The van der Waals surface area contributed by atoms with Gasteiger partial charge in [0.2, 0.25) is 4.73 Å². The number of thioether (sulfide) groups is 1. The van der Waals surface area contributed by atoms with E-state index < -0.39 is 66.7 Å². The van der Waals surface area contributed by atoms with Crippen LogP contribution in [0.5, 0.6) is 0 Å². The van der Waals surface area contributed by atoms with Gasteiger partial charge in [-0.15, -0.1) is 0 Å². The minimum atomic E-state index is -5.05. The molecule has 202 valence electrons. The molecule has 0 aliphatic heterocycles. The molecule has 1 aromatic carbocycles. The van der Waals surface area contributed by atoms with Crippen molar-refractivity contribution < 1.29 is 45.3 Å². The highest BCUT2D eigenvalue weighted by atomic mass is 32.2. The van der Waals surface area contributed by atoms with Gasteiger partial charge in [-0.2, -0.15) is 13.2 Å². The van der Waals surface area contributed by atoms with Crippen molar-refractivity contribution >= 4 is 32.6 Å². The van der Waals surface area contributed by atoms with Gasteiger partial charge in [-0.3, -0.25) is 19.2 Å². The van der Waals surface area contributed by atoms with Crippen LogP contribution in [0.1, 0.15) is 61.0 Å². The summed E-state index contributed by atoms with van der Waals surface area (Å²) in [7, 11) is -8.79. The van der Waals surface area contributed by atoms with Gasteiger partial charge < -0.3 is 18.1 Å². The third-order valence-corrected chi connectivity index (χ3v) is 12.2. The van der Waals surface area contributed by atoms with E-state index in [1.54, 1.807) is 55.4 Å². The number of nitrogens with zero attached hydrogens (tertiary/aromatic N) is 1. The summed E-state index contributed by atoms with van der Waals surface area (Å²) in [5.74, 6) is 0. The van der Waals surface area contributed by atoms with Crippen molar-refractivity contribution in [2.24, 2.45) is 0 Å². The normalized spacial score (nSPS) is 13.6. The van der Waals surface area contributed by atoms with Gasteiger partial charge in [0.1, 0.15) is 5.56 Å². The Bertz CT molecular complexity index is 906. The molecule has 9 nitrogen and oxygen atoms in total. The molecule has 0 saturated carbocycles. The van der Waals surface area contributed by atoms with Gasteiger partial charge in [0.05, 0.1) is 29.3 Å². The van der Waals surface area contributed by atoms with Crippen molar-refractivity contribution in [1.82, 2.24) is 0 Å². The summed E-state index contributed by atoms with van der Waals surface area (Å²) in [6.45, 7) is 12.5. The molecule has 1 aromatic rings. The first-order valence-electron chi connectivity index (χ1n) is 10.8. The second-order valence-electron chi connectivity index (χ2n) is 8.57. The molecule has 0 aliphatic carbocycles. The molecular weight excluding hydrogens is 533 g/mol. The van der Waals surface area contributed by atoms with Crippen LogP contribution in [-0.4, -0.2) is 34.1 Å². The van der Waals surface area contributed by atoms with Crippen LogP contribution in [-0.2, 0) is 33.4 Å². The number of hydrogen-bond donors (Lipinski definition) is 0. The first-order chi connectivity index (χ1) is 15.8. The molecule has 15 heteroatoms. The summed E-state index contributed by atoms with van der Waals surface area (Å²) >= 11 is 0.472. The number of hydrogen-bond acceptors (Lipinski definition) is 9. The quantitative estimate of drug-likeness (QED) is 0.101. The SMILES string of the molecule is CC(C)OP(=O)(OC(C)C)C(Sc1ccc([N+](=O)[O-])c(C(F)(F)F)c1)P(=O)(OC(C)C)OC(C)C. The Morgan fingerprint density at radius 2 is 1.20 bits per heavy atom. The van der Waals surface area contributed by atoms with Crippen LogP contribution in [0.15, 0.2) is 23.1 Å². The van der Waals surface area contributed by atoms with Crippen LogP contribution < -0.4 is 0 Å². The van der Waals surface area contributed by atoms with Crippen LogP contribution >= 0.6 is 27.0 Å². The number of alkyl halides is 3. The van der Waals surface area contributed by atoms with E-state index in [2.05, 4.69) is 0 Å². The van der Waals surface area contributed by atoms with E-state index in [9.17, 15) is 32.4 Å². The zero-order valence-electron chi connectivity index (χ0n) is 20.8. The van der Waals surface area contributed by atoms with E-state index >= 15 is 0 Å². The first kappa shape index (κ1) is 32.1. The molecule has 0 atom stereocenters. The minimum Gasteiger partial charge on any atom is -0.305 e. The standard InChI is InChI=1S/C20H32F3NO8P2S/c1-12(2)29-33(27,30-13(3)4)19(34(28,31-14(5)6)32-15(7)8)35-16-9-10-18(24(25)26)17(11-16)20(21,22)23/h9-15,19H,1-8H3. The van der Waals surface area contributed by atoms with Crippen molar-refractivity contribution in [2.45, 2.75) is 95.6 Å². The molecule has 0 N–H and O–H groups in total. The maximum Gasteiger partial charge on any atom is 0.423 e. The van der Waals surface area contributed by atoms with Crippen molar-refractivity contribution in [3.63, 3.8) is 0 Å². The molecular formula is C20H32F3NO8P2S. The summed E-state index contributed by atoms with van der Waals surface area (Å²) in [5, 5.41) is 11.1. The Balaban J connectivity index is 3.83. The Morgan fingerprint density at radius 3 is 1.49 bits per heavy atom. The van der Waals surface area contributed by atoms with E-state index in [0.717, 1.165) is 6.07 Å². The lowest BCUT2D eigenvalue weighted by Gasteiger charge is -2.34. The number of nitro benzene ring substituents is 1. The summed E-state index contributed by atoms with van der Waals surface area (Å²) < 4.78 is 89.5. The summed E-state index contributed by atoms with van der Waals surface area (Å²) in [5.41, 5.74) is -2.67. The number of nitro groups is 1. The number of halogens is 3. The Morgan fingerprint density at radius 1 is 0.829 bits per heavy atom. The van der Waals surface area contributed by atoms with Gasteiger partial charge in [0, 0.05) is 11.0 Å². The van der Waals surface area contributed by atoms with Crippen LogP contribution in [0, 0.1) is 10.1 Å². The zero-order valence-corrected chi connectivity index (χ0v) is 23.4. The summed E-state index contributed by atoms with van der Waals surface area (Å²) in [4.78, 5) is 9.77. The third kappa shape index (κ3) is 9.46. The lowest BCUT2D eigenvalue weighted by Crippen LogP contribution is -2.21. The Kier molecular flexibility index (Phi) is 11.5. The lowest BCUT2D eigenvalue weighted by atomic mass is 10.2. The maximum atomic E-state index is 14.1. The molecule has 0 unspecified atom stereocenters. The predicted octanol–water partition coefficient (Wildman–Crippen LogP) is 8.08. The van der Waals surface area contributed by atoms with Gasteiger partial charge in [-0.25, -0.2) is 0 Å². The third-order valence-electron chi connectivity index (χ3n) is 3.68. The molecule has 35 heavy (non-hydrogen) atoms. The average Bonchev–Trinajstić information content (AvgIpc) is 2.62. The molecule has 0 heterocycles. The van der Waals surface area contributed by atoms with Crippen molar-refractivity contribution in [2.75, 3.05) is 0 Å². The lowest BCUT2D eigenvalue weighted by molar-refractivity contribution is -0.388. The topological polar surface area (TPSA) is 114 Å². The summed E-state index contributed by atoms with van der Waals surface area (Å²) in [6, 6.07) is 2.24. The smallest absolute Gasteiger partial charge is 0.305 e. The average molecular weight is 565 g/mol. The highest BCUT2D eigenvalue weighted by molar-refractivity contribution is 8.12. The van der Waals surface area contributed by atoms with E-state index in [4.69, 9.17) is 18.1 Å². The highest BCUT2D eigenvalue weighted by Gasteiger charge is 2.54. The van der Waals surface area contributed by atoms with E-state index in [1.165, 1.54) is 0 Å². The van der Waals surface area contributed by atoms with Gasteiger partial charge in [-0.1, -0.05) is 11.8 Å².